The molecule has 0 aliphatic carbocycles. The van der Waals surface area contributed by atoms with Gasteiger partial charge in [-0.05, 0) is 59.5 Å². The number of carbonyl (C=O) groups is 1. The highest BCUT2D eigenvalue weighted by atomic mass is 79.9. The van der Waals surface area contributed by atoms with Gasteiger partial charge in [-0.2, -0.15) is 9.61 Å². The standard InChI is InChI=1S/C26H27BrN6O2/c1-18(35-21-9-3-2-4-10-21)26(34)32-12-6-8-20(17-32)23-13-24(29-15-19-7-5-11-28-14-19)33-25(31-23)22(27)16-30-33/h2-5,7,9-11,13-14,16,18,20,29H,6,8,12,15,17H2,1H3. The van der Waals surface area contributed by atoms with Gasteiger partial charge in [-0.15, -0.1) is 0 Å². The maximum atomic E-state index is 13.2. The second kappa shape index (κ2) is 10.4. The number of anilines is 1. The van der Waals surface area contributed by atoms with Crippen molar-refractivity contribution in [3.63, 3.8) is 0 Å². The summed E-state index contributed by atoms with van der Waals surface area (Å²) in [5.41, 5.74) is 2.77. The molecule has 180 valence electrons. The predicted molar refractivity (Wildman–Crippen MR) is 137 cm³/mol. The Balaban J connectivity index is 1.34. The van der Waals surface area contributed by atoms with E-state index in [0.29, 0.717) is 18.8 Å². The molecule has 1 saturated heterocycles. The topological polar surface area (TPSA) is 84.7 Å². The Kier molecular flexibility index (Phi) is 6.94. The second-order valence-corrected chi connectivity index (χ2v) is 9.56. The SMILES string of the molecule is CC(Oc1ccccc1)C(=O)N1CCCC(c2cc(NCc3cccnc3)n3ncc(Br)c3n2)C1. The number of nitrogens with one attached hydrogen (secondary N) is 1. The summed E-state index contributed by atoms with van der Waals surface area (Å²) < 4.78 is 8.51. The molecule has 5 rings (SSSR count). The Morgan fingerprint density at radius 3 is 2.89 bits per heavy atom. The van der Waals surface area contributed by atoms with E-state index in [4.69, 9.17) is 9.72 Å². The van der Waals surface area contributed by atoms with Crippen LogP contribution >= 0.6 is 15.9 Å². The highest BCUT2D eigenvalue weighted by molar-refractivity contribution is 9.10. The van der Waals surface area contributed by atoms with Gasteiger partial charge in [0.2, 0.25) is 0 Å². The highest BCUT2D eigenvalue weighted by Gasteiger charge is 2.30. The summed E-state index contributed by atoms with van der Waals surface area (Å²) in [7, 11) is 0. The van der Waals surface area contributed by atoms with Gasteiger partial charge in [0.05, 0.1) is 16.4 Å². The molecule has 8 nitrogen and oxygen atoms in total. The number of amides is 1. The summed E-state index contributed by atoms with van der Waals surface area (Å²) in [5, 5.41) is 7.95. The smallest absolute Gasteiger partial charge is 0.263 e. The number of likely N-dealkylation sites (tertiary alicyclic amines) is 1. The summed E-state index contributed by atoms with van der Waals surface area (Å²) in [5.74, 6) is 1.68. The maximum absolute atomic E-state index is 13.2. The average Bonchev–Trinajstić information content (AvgIpc) is 3.28. The molecule has 0 saturated carbocycles. The lowest BCUT2D eigenvalue weighted by molar-refractivity contribution is -0.139. The molecule has 2 unspecified atom stereocenters. The van der Waals surface area contributed by atoms with E-state index in [2.05, 4.69) is 31.3 Å². The van der Waals surface area contributed by atoms with E-state index in [1.165, 1.54) is 0 Å². The van der Waals surface area contributed by atoms with Crippen LogP contribution in [0, 0.1) is 0 Å². The maximum Gasteiger partial charge on any atom is 0.263 e. The summed E-state index contributed by atoms with van der Waals surface area (Å²) in [6.07, 6.45) is 6.69. The van der Waals surface area contributed by atoms with E-state index >= 15 is 0 Å². The Bertz CT molecular complexity index is 1300. The first kappa shape index (κ1) is 23.3. The first-order valence-electron chi connectivity index (χ1n) is 11.8. The molecule has 35 heavy (non-hydrogen) atoms. The molecule has 1 aliphatic rings. The number of rotatable bonds is 7. The van der Waals surface area contributed by atoms with Crippen LogP contribution in [0.3, 0.4) is 0 Å². The number of ether oxygens (including phenoxy) is 1. The van der Waals surface area contributed by atoms with E-state index in [1.54, 1.807) is 16.9 Å². The highest BCUT2D eigenvalue weighted by Crippen LogP contribution is 2.30. The Morgan fingerprint density at radius 2 is 2.09 bits per heavy atom. The van der Waals surface area contributed by atoms with Crippen LogP contribution in [0.4, 0.5) is 5.82 Å². The summed E-state index contributed by atoms with van der Waals surface area (Å²) in [6.45, 7) is 3.77. The zero-order valence-corrected chi connectivity index (χ0v) is 21.1. The summed E-state index contributed by atoms with van der Waals surface area (Å²) in [4.78, 5) is 24.2. The third-order valence-corrected chi connectivity index (χ3v) is 6.76. The summed E-state index contributed by atoms with van der Waals surface area (Å²) in [6, 6.07) is 15.5. The Morgan fingerprint density at radius 1 is 1.23 bits per heavy atom. The molecule has 2 atom stereocenters. The minimum atomic E-state index is -0.549. The number of pyridine rings is 1. The van der Waals surface area contributed by atoms with Gasteiger partial charge in [0.15, 0.2) is 11.8 Å². The van der Waals surface area contributed by atoms with Crippen molar-refractivity contribution in [2.75, 3.05) is 18.4 Å². The van der Waals surface area contributed by atoms with Gasteiger partial charge in [-0.3, -0.25) is 9.78 Å². The van der Waals surface area contributed by atoms with Gasteiger partial charge in [0.25, 0.3) is 5.91 Å². The van der Waals surface area contributed by atoms with Crippen molar-refractivity contribution in [2.24, 2.45) is 0 Å². The van der Waals surface area contributed by atoms with Gasteiger partial charge in [-0.1, -0.05) is 24.3 Å². The van der Waals surface area contributed by atoms with Crippen LogP contribution in [-0.2, 0) is 11.3 Å². The minimum Gasteiger partial charge on any atom is -0.481 e. The number of aromatic nitrogens is 4. The first-order chi connectivity index (χ1) is 17.1. The molecule has 4 aromatic rings. The molecular formula is C26H27BrN6O2. The predicted octanol–water partition coefficient (Wildman–Crippen LogP) is 4.67. The molecule has 9 heteroatoms. The normalized spacial score (nSPS) is 16.7. The molecule has 0 radical (unpaired) electrons. The molecule has 1 amide bonds. The third kappa shape index (κ3) is 5.30. The molecule has 1 aliphatic heterocycles. The van der Waals surface area contributed by atoms with Crippen molar-refractivity contribution in [2.45, 2.75) is 38.3 Å². The number of benzene rings is 1. The van der Waals surface area contributed by atoms with Gasteiger partial charge < -0.3 is 15.0 Å². The van der Waals surface area contributed by atoms with E-state index in [0.717, 1.165) is 46.6 Å². The third-order valence-electron chi connectivity index (χ3n) is 6.20. The van der Waals surface area contributed by atoms with Crippen LogP contribution < -0.4 is 10.1 Å². The van der Waals surface area contributed by atoms with Crippen LogP contribution in [0.15, 0.2) is 71.6 Å². The zero-order chi connectivity index (χ0) is 24.2. The number of piperidine rings is 1. The van der Waals surface area contributed by atoms with Crippen LogP contribution in [-0.4, -0.2) is 49.6 Å². The number of para-hydroxylation sites is 1. The van der Waals surface area contributed by atoms with Gasteiger partial charge in [0, 0.05) is 44.0 Å². The Labute approximate surface area is 212 Å². The van der Waals surface area contributed by atoms with Crippen LogP contribution in [0.25, 0.3) is 5.65 Å². The first-order valence-corrected chi connectivity index (χ1v) is 12.6. The summed E-state index contributed by atoms with van der Waals surface area (Å²) >= 11 is 3.58. The van der Waals surface area contributed by atoms with Crippen molar-refractivity contribution in [1.29, 1.82) is 0 Å². The molecule has 1 fully saturated rings. The van der Waals surface area contributed by atoms with E-state index < -0.39 is 6.10 Å². The van der Waals surface area contributed by atoms with E-state index in [-0.39, 0.29) is 11.8 Å². The monoisotopic (exact) mass is 534 g/mol. The fourth-order valence-corrected chi connectivity index (χ4v) is 4.76. The molecule has 3 aromatic heterocycles. The van der Waals surface area contributed by atoms with E-state index in [9.17, 15) is 4.79 Å². The number of hydrogen-bond acceptors (Lipinski definition) is 6. The van der Waals surface area contributed by atoms with Crippen molar-refractivity contribution in [1.82, 2.24) is 24.5 Å². The molecule has 0 spiro atoms. The lowest BCUT2D eigenvalue weighted by atomic mass is 9.94. The van der Waals surface area contributed by atoms with Crippen LogP contribution in [0.2, 0.25) is 0 Å². The Hall–Kier alpha value is -3.46. The molecule has 0 bridgehead atoms. The average molecular weight is 535 g/mol. The number of hydrogen-bond donors (Lipinski definition) is 1. The zero-order valence-electron chi connectivity index (χ0n) is 19.5. The van der Waals surface area contributed by atoms with Gasteiger partial charge in [0.1, 0.15) is 11.6 Å². The lowest BCUT2D eigenvalue weighted by Crippen LogP contribution is -2.45. The van der Waals surface area contributed by atoms with E-state index in [1.807, 2.05) is 66.6 Å². The fraction of sp³-hybridized carbons (Fsp3) is 0.308. The van der Waals surface area contributed by atoms with Crippen LogP contribution in [0.5, 0.6) is 5.75 Å². The number of carbonyl (C=O) groups excluding carboxylic acids is 1. The quantitative estimate of drug-likeness (QED) is 0.370. The molecule has 1 aromatic carbocycles. The number of nitrogens with zero attached hydrogens (tertiary/aromatic N) is 5. The van der Waals surface area contributed by atoms with Gasteiger partial charge in [-0.25, -0.2) is 4.98 Å². The largest absolute Gasteiger partial charge is 0.481 e. The van der Waals surface area contributed by atoms with Gasteiger partial charge >= 0.3 is 0 Å². The van der Waals surface area contributed by atoms with Crippen molar-refractivity contribution >= 4 is 33.3 Å². The van der Waals surface area contributed by atoms with Crippen molar-refractivity contribution in [3.05, 3.63) is 82.9 Å². The minimum absolute atomic E-state index is 0.0000838. The number of halogens is 1. The number of fused-ring (bicyclic) bond motifs is 1. The van der Waals surface area contributed by atoms with Crippen LogP contribution in [0.1, 0.15) is 36.9 Å². The molecule has 1 N–H and O–H groups in total. The van der Waals surface area contributed by atoms with Crippen molar-refractivity contribution < 1.29 is 9.53 Å². The fourth-order valence-electron chi connectivity index (χ4n) is 4.41. The lowest BCUT2D eigenvalue weighted by Gasteiger charge is -2.34. The van der Waals surface area contributed by atoms with Crippen molar-refractivity contribution in [3.8, 4) is 5.75 Å². The molecule has 4 heterocycles. The molecular weight excluding hydrogens is 508 g/mol. The second-order valence-electron chi connectivity index (χ2n) is 8.71.